The van der Waals surface area contributed by atoms with E-state index >= 15 is 0 Å². The molecule has 0 aromatic heterocycles. The second-order valence-corrected chi connectivity index (χ2v) is 6.49. The average Bonchev–Trinajstić information content (AvgIpc) is 2.90. The zero-order chi connectivity index (χ0) is 18.9. The van der Waals surface area contributed by atoms with Crippen LogP contribution in [0.25, 0.3) is 0 Å². The number of urea groups is 1. The van der Waals surface area contributed by atoms with E-state index in [2.05, 4.69) is 16.0 Å². The molecule has 0 fully saturated rings. The van der Waals surface area contributed by atoms with Crippen LogP contribution in [0.5, 0.6) is 5.75 Å². The first kappa shape index (κ1) is 18.8. The number of carbonyl (C=O) groups excluding carboxylic acids is 2. The van der Waals surface area contributed by atoms with Crippen molar-refractivity contribution in [2.45, 2.75) is 25.3 Å². The lowest BCUT2D eigenvalue weighted by molar-refractivity contribution is -0.120. The van der Waals surface area contributed by atoms with E-state index in [0.717, 1.165) is 36.1 Å². The van der Waals surface area contributed by atoms with Crippen LogP contribution in [0.3, 0.4) is 0 Å². The Morgan fingerprint density at radius 3 is 2.63 bits per heavy atom. The highest BCUT2D eigenvalue weighted by Gasteiger charge is 2.21. The van der Waals surface area contributed by atoms with Gasteiger partial charge in [-0.3, -0.25) is 4.79 Å². The molecule has 2 aromatic carbocycles. The summed E-state index contributed by atoms with van der Waals surface area (Å²) in [5, 5.41) is 8.38. The summed E-state index contributed by atoms with van der Waals surface area (Å²) in [6.45, 7) is 1.13. The number of hydrogen-bond donors (Lipinski definition) is 3. The monoisotopic (exact) mass is 367 g/mol. The van der Waals surface area contributed by atoms with Crippen molar-refractivity contribution >= 4 is 11.9 Å². The highest BCUT2D eigenvalue weighted by atomic mass is 16.5. The molecule has 2 aromatic rings. The fraction of sp³-hybridized carbons (Fsp3) is 0.333. The minimum Gasteiger partial charge on any atom is -0.493 e. The maximum atomic E-state index is 12.2. The number of amides is 3. The number of nitrogens with one attached hydrogen (secondary N) is 3. The normalized spacial score (nSPS) is 15.6. The summed E-state index contributed by atoms with van der Waals surface area (Å²) in [7, 11) is 0. The summed E-state index contributed by atoms with van der Waals surface area (Å²) < 4.78 is 5.70. The van der Waals surface area contributed by atoms with E-state index in [-0.39, 0.29) is 24.5 Å². The van der Waals surface area contributed by atoms with Gasteiger partial charge < -0.3 is 20.7 Å². The molecule has 27 heavy (non-hydrogen) atoms. The molecule has 142 valence electrons. The summed E-state index contributed by atoms with van der Waals surface area (Å²) in [4.78, 5) is 24.1. The number of para-hydroxylation sites is 1. The molecule has 1 aliphatic rings. The highest BCUT2D eigenvalue weighted by Crippen LogP contribution is 2.30. The maximum absolute atomic E-state index is 12.2. The van der Waals surface area contributed by atoms with Crippen LogP contribution in [0.1, 0.15) is 30.0 Å². The van der Waals surface area contributed by atoms with E-state index in [0.29, 0.717) is 13.2 Å². The second kappa shape index (κ2) is 9.62. The molecule has 3 N–H and O–H groups in total. The van der Waals surface area contributed by atoms with Crippen LogP contribution in [0.4, 0.5) is 4.79 Å². The largest absolute Gasteiger partial charge is 0.493 e. The van der Waals surface area contributed by atoms with Crippen molar-refractivity contribution in [1.82, 2.24) is 16.0 Å². The third kappa shape index (κ3) is 5.74. The van der Waals surface area contributed by atoms with Crippen LogP contribution in [-0.2, 0) is 11.2 Å². The molecule has 0 radical (unpaired) electrons. The van der Waals surface area contributed by atoms with Gasteiger partial charge >= 0.3 is 6.03 Å². The molecule has 0 aliphatic carbocycles. The van der Waals surface area contributed by atoms with Crippen molar-refractivity contribution in [3.05, 3.63) is 65.7 Å². The minimum atomic E-state index is -0.352. The topological polar surface area (TPSA) is 79.5 Å². The molecule has 0 spiro atoms. The van der Waals surface area contributed by atoms with Crippen LogP contribution < -0.4 is 20.7 Å². The zero-order valence-electron chi connectivity index (χ0n) is 15.2. The van der Waals surface area contributed by atoms with Gasteiger partial charge in [-0.1, -0.05) is 48.5 Å². The number of rotatable bonds is 6. The minimum absolute atomic E-state index is 0.0501. The zero-order valence-corrected chi connectivity index (χ0v) is 15.2. The fourth-order valence-corrected chi connectivity index (χ4v) is 3.10. The fourth-order valence-electron chi connectivity index (χ4n) is 3.10. The third-order valence-corrected chi connectivity index (χ3v) is 4.48. The van der Waals surface area contributed by atoms with Crippen molar-refractivity contribution in [3.8, 4) is 5.75 Å². The van der Waals surface area contributed by atoms with Crippen LogP contribution >= 0.6 is 0 Å². The van der Waals surface area contributed by atoms with E-state index in [1.807, 2.05) is 54.6 Å². The summed E-state index contributed by atoms with van der Waals surface area (Å²) in [5.41, 5.74) is 2.13. The van der Waals surface area contributed by atoms with Gasteiger partial charge in [-0.15, -0.1) is 0 Å². The van der Waals surface area contributed by atoms with Crippen LogP contribution in [0.2, 0.25) is 0 Å². The van der Waals surface area contributed by atoms with Gasteiger partial charge in [-0.05, 0) is 30.9 Å². The standard InChI is InChI=1S/C21H25N3O3/c25-20(22-13-12-16-7-2-1-3-8-16)15-23-21(26)24-18-10-6-14-27-19-11-5-4-9-17(18)19/h1-5,7-9,11,18H,6,10,12-15H2,(H,22,25)(H2,23,24,26)/t18-/m1/s1. The number of benzene rings is 2. The van der Waals surface area contributed by atoms with Gasteiger partial charge in [0, 0.05) is 12.1 Å². The Morgan fingerprint density at radius 1 is 1.00 bits per heavy atom. The Labute approximate surface area is 159 Å². The maximum Gasteiger partial charge on any atom is 0.315 e. The first-order valence-corrected chi connectivity index (χ1v) is 9.29. The Bertz CT molecular complexity index is 764. The van der Waals surface area contributed by atoms with Crippen LogP contribution in [0, 0.1) is 0 Å². The molecular formula is C21H25N3O3. The average molecular weight is 367 g/mol. The molecule has 0 unspecified atom stereocenters. The molecule has 3 rings (SSSR count). The highest BCUT2D eigenvalue weighted by molar-refractivity contribution is 5.84. The summed E-state index contributed by atoms with van der Waals surface area (Å²) in [6.07, 6.45) is 2.42. The smallest absolute Gasteiger partial charge is 0.315 e. The predicted molar refractivity (Wildman–Crippen MR) is 104 cm³/mol. The Kier molecular flexibility index (Phi) is 6.68. The quantitative estimate of drug-likeness (QED) is 0.734. The lowest BCUT2D eigenvalue weighted by Gasteiger charge is -2.18. The number of fused-ring (bicyclic) bond motifs is 1. The van der Waals surface area contributed by atoms with Gasteiger partial charge in [0.05, 0.1) is 19.2 Å². The van der Waals surface area contributed by atoms with Gasteiger partial charge in [0.1, 0.15) is 5.75 Å². The van der Waals surface area contributed by atoms with Crippen molar-refractivity contribution in [3.63, 3.8) is 0 Å². The molecule has 0 saturated heterocycles. The van der Waals surface area contributed by atoms with Gasteiger partial charge in [0.2, 0.25) is 5.91 Å². The molecule has 6 heteroatoms. The Balaban J connectivity index is 1.41. The predicted octanol–water partition coefficient (Wildman–Crippen LogP) is 2.56. The molecule has 0 saturated carbocycles. The summed E-state index contributed by atoms with van der Waals surface area (Å²) in [5.74, 6) is 0.602. The van der Waals surface area contributed by atoms with Crippen molar-refractivity contribution in [2.75, 3.05) is 19.7 Å². The second-order valence-electron chi connectivity index (χ2n) is 6.49. The van der Waals surface area contributed by atoms with Crippen molar-refractivity contribution in [1.29, 1.82) is 0 Å². The van der Waals surface area contributed by atoms with Crippen molar-refractivity contribution in [2.24, 2.45) is 0 Å². The number of carbonyl (C=O) groups is 2. The molecule has 1 aliphatic heterocycles. The van der Waals surface area contributed by atoms with E-state index in [1.165, 1.54) is 0 Å². The molecule has 1 atom stereocenters. The Hall–Kier alpha value is -3.02. The third-order valence-electron chi connectivity index (χ3n) is 4.48. The van der Waals surface area contributed by atoms with Gasteiger partial charge in [0.25, 0.3) is 0 Å². The van der Waals surface area contributed by atoms with E-state index in [1.54, 1.807) is 0 Å². The SMILES string of the molecule is O=C(CNC(=O)N[C@@H]1CCCOc2ccccc21)NCCc1ccccc1. The van der Waals surface area contributed by atoms with E-state index < -0.39 is 0 Å². The lowest BCUT2D eigenvalue weighted by Crippen LogP contribution is -2.43. The van der Waals surface area contributed by atoms with E-state index in [9.17, 15) is 9.59 Å². The lowest BCUT2D eigenvalue weighted by atomic mass is 10.0. The van der Waals surface area contributed by atoms with Crippen molar-refractivity contribution < 1.29 is 14.3 Å². The van der Waals surface area contributed by atoms with Crippen LogP contribution in [-0.4, -0.2) is 31.6 Å². The molecule has 6 nitrogen and oxygen atoms in total. The van der Waals surface area contributed by atoms with Gasteiger partial charge in [-0.2, -0.15) is 0 Å². The molecule has 3 amide bonds. The van der Waals surface area contributed by atoms with Gasteiger partial charge in [-0.25, -0.2) is 4.79 Å². The molecule has 0 bridgehead atoms. The number of ether oxygens (including phenoxy) is 1. The Morgan fingerprint density at radius 2 is 1.78 bits per heavy atom. The molecular weight excluding hydrogens is 342 g/mol. The number of hydrogen-bond acceptors (Lipinski definition) is 3. The first-order chi connectivity index (χ1) is 13.2. The van der Waals surface area contributed by atoms with Gasteiger partial charge in [0.15, 0.2) is 0 Å². The van der Waals surface area contributed by atoms with Crippen LogP contribution in [0.15, 0.2) is 54.6 Å². The summed E-state index contributed by atoms with van der Waals surface area (Å²) in [6, 6.07) is 17.2. The van der Waals surface area contributed by atoms with E-state index in [4.69, 9.17) is 4.74 Å². The summed E-state index contributed by atoms with van der Waals surface area (Å²) >= 11 is 0. The molecule has 1 heterocycles. The first-order valence-electron chi connectivity index (χ1n) is 9.29.